The number of amides is 1. The van der Waals surface area contributed by atoms with Crippen LogP contribution in [-0.4, -0.2) is 21.8 Å². The lowest BCUT2D eigenvalue weighted by Crippen LogP contribution is -2.30. The number of rotatable bonds is 4. The Morgan fingerprint density at radius 3 is 2.79 bits per heavy atom. The molecule has 1 atom stereocenters. The van der Waals surface area contributed by atoms with Crippen molar-refractivity contribution in [1.82, 2.24) is 9.78 Å². The van der Waals surface area contributed by atoms with Gasteiger partial charge in [0.1, 0.15) is 11.6 Å². The maximum Gasteiger partial charge on any atom is 0.266 e. The first-order chi connectivity index (χ1) is 9.08. The molecule has 0 aliphatic carbocycles. The molecular weight excluding hydrogens is 310 g/mol. The number of nitrogens with zero attached hydrogens (tertiary/aromatic N) is 2. The van der Waals surface area contributed by atoms with E-state index in [1.54, 1.807) is 37.0 Å². The second kappa shape index (κ2) is 5.88. The van der Waals surface area contributed by atoms with Gasteiger partial charge in [0.2, 0.25) is 0 Å². The Morgan fingerprint density at radius 1 is 1.42 bits per heavy atom. The SMILES string of the molecule is C[C@@H](Oc1ccccc1Br)C(=O)Nc1ccnn1C. The van der Waals surface area contributed by atoms with Crippen LogP contribution >= 0.6 is 15.9 Å². The second-order valence-electron chi connectivity index (χ2n) is 4.02. The van der Waals surface area contributed by atoms with Crippen molar-refractivity contribution in [2.75, 3.05) is 5.32 Å². The fourth-order valence-electron chi connectivity index (χ4n) is 1.51. The Hall–Kier alpha value is -1.82. The number of benzene rings is 1. The Bertz CT molecular complexity index is 583. The summed E-state index contributed by atoms with van der Waals surface area (Å²) in [7, 11) is 1.76. The highest BCUT2D eigenvalue weighted by Gasteiger charge is 2.16. The number of aryl methyl sites for hydroxylation is 1. The van der Waals surface area contributed by atoms with E-state index in [4.69, 9.17) is 4.74 Å². The average Bonchev–Trinajstić information content (AvgIpc) is 2.78. The minimum Gasteiger partial charge on any atom is -0.480 e. The van der Waals surface area contributed by atoms with Gasteiger partial charge in [0.05, 0.1) is 10.7 Å². The van der Waals surface area contributed by atoms with Crippen molar-refractivity contribution in [1.29, 1.82) is 0 Å². The minimum absolute atomic E-state index is 0.223. The van der Waals surface area contributed by atoms with Gasteiger partial charge in [0.15, 0.2) is 6.10 Å². The van der Waals surface area contributed by atoms with Gasteiger partial charge in [-0.05, 0) is 35.0 Å². The molecule has 2 aromatic rings. The smallest absolute Gasteiger partial charge is 0.266 e. The largest absolute Gasteiger partial charge is 0.480 e. The van der Waals surface area contributed by atoms with Crippen molar-refractivity contribution in [2.24, 2.45) is 7.05 Å². The summed E-state index contributed by atoms with van der Waals surface area (Å²) >= 11 is 3.38. The van der Waals surface area contributed by atoms with Gasteiger partial charge in [-0.3, -0.25) is 9.48 Å². The van der Waals surface area contributed by atoms with Gasteiger partial charge in [-0.1, -0.05) is 12.1 Å². The molecule has 0 spiro atoms. The maximum absolute atomic E-state index is 12.0. The normalized spacial score (nSPS) is 11.9. The molecule has 0 saturated heterocycles. The molecule has 5 nitrogen and oxygen atoms in total. The van der Waals surface area contributed by atoms with E-state index < -0.39 is 6.10 Å². The van der Waals surface area contributed by atoms with E-state index in [9.17, 15) is 4.79 Å². The number of ether oxygens (including phenoxy) is 1. The summed E-state index contributed by atoms with van der Waals surface area (Å²) in [4.78, 5) is 12.0. The molecule has 0 fully saturated rings. The molecule has 0 aliphatic heterocycles. The van der Waals surface area contributed by atoms with E-state index in [1.165, 1.54) is 0 Å². The molecule has 1 N–H and O–H groups in total. The van der Waals surface area contributed by atoms with E-state index in [2.05, 4.69) is 26.3 Å². The fourth-order valence-corrected chi connectivity index (χ4v) is 1.89. The van der Waals surface area contributed by atoms with Gasteiger partial charge in [0.25, 0.3) is 5.91 Å². The predicted octanol–water partition coefficient (Wildman–Crippen LogP) is 2.59. The van der Waals surface area contributed by atoms with Crippen LogP contribution in [0.5, 0.6) is 5.75 Å². The van der Waals surface area contributed by atoms with Gasteiger partial charge < -0.3 is 10.1 Å². The Morgan fingerprint density at radius 2 is 2.16 bits per heavy atom. The quantitative estimate of drug-likeness (QED) is 0.940. The number of para-hydroxylation sites is 1. The molecule has 1 amide bonds. The van der Waals surface area contributed by atoms with Crippen molar-refractivity contribution >= 4 is 27.7 Å². The van der Waals surface area contributed by atoms with Crippen LogP contribution in [0.3, 0.4) is 0 Å². The molecule has 2 rings (SSSR count). The van der Waals surface area contributed by atoms with E-state index >= 15 is 0 Å². The molecule has 0 saturated carbocycles. The van der Waals surface area contributed by atoms with Crippen LogP contribution in [0.1, 0.15) is 6.92 Å². The van der Waals surface area contributed by atoms with Crippen molar-refractivity contribution in [3.8, 4) is 5.75 Å². The monoisotopic (exact) mass is 323 g/mol. The number of nitrogens with one attached hydrogen (secondary N) is 1. The van der Waals surface area contributed by atoms with Crippen LogP contribution in [-0.2, 0) is 11.8 Å². The van der Waals surface area contributed by atoms with Crippen LogP contribution in [0.2, 0.25) is 0 Å². The van der Waals surface area contributed by atoms with Crippen molar-refractivity contribution < 1.29 is 9.53 Å². The molecule has 0 unspecified atom stereocenters. The molecular formula is C13H14BrN3O2. The number of hydrogen-bond acceptors (Lipinski definition) is 3. The summed E-state index contributed by atoms with van der Waals surface area (Å²) in [6, 6.07) is 9.13. The van der Waals surface area contributed by atoms with Crippen LogP contribution < -0.4 is 10.1 Å². The standard InChI is InChI=1S/C13H14BrN3O2/c1-9(19-11-6-4-3-5-10(11)14)13(18)16-12-7-8-15-17(12)2/h3-9H,1-2H3,(H,16,18)/t9-/m1/s1. The van der Waals surface area contributed by atoms with E-state index in [1.807, 2.05) is 18.2 Å². The highest BCUT2D eigenvalue weighted by Crippen LogP contribution is 2.25. The first kappa shape index (κ1) is 13.6. The van der Waals surface area contributed by atoms with Crippen molar-refractivity contribution in [2.45, 2.75) is 13.0 Å². The summed E-state index contributed by atoms with van der Waals surface area (Å²) in [6.45, 7) is 1.70. The summed E-state index contributed by atoms with van der Waals surface area (Å²) in [5.41, 5.74) is 0. The van der Waals surface area contributed by atoms with Gasteiger partial charge in [-0.15, -0.1) is 0 Å². The van der Waals surface area contributed by atoms with Gasteiger partial charge in [0, 0.05) is 13.1 Å². The van der Waals surface area contributed by atoms with Crippen molar-refractivity contribution in [3.05, 3.63) is 41.0 Å². The number of carbonyl (C=O) groups is 1. The van der Waals surface area contributed by atoms with Crippen LogP contribution in [0.25, 0.3) is 0 Å². The van der Waals surface area contributed by atoms with Gasteiger partial charge in [-0.25, -0.2) is 0 Å². The fraction of sp³-hybridized carbons (Fsp3) is 0.231. The average molecular weight is 324 g/mol. The molecule has 1 aromatic heterocycles. The van der Waals surface area contributed by atoms with Gasteiger partial charge >= 0.3 is 0 Å². The van der Waals surface area contributed by atoms with Gasteiger partial charge in [-0.2, -0.15) is 5.10 Å². The summed E-state index contributed by atoms with van der Waals surface area (Å²) < 4.78 is 8.01. The predicted molar refractivity (Wildman–Crippen MR) is 76.1 cm³/mol. The number of halogens is 1. The topological polar surface area (TPSA) is 56.1 Å². The molecule has 1 heterocycles. The number of anilines is 1. The van der Waals surface area contributed by atoms with Crippen LogP contribution in [0.4, 0.5) is 5.82 Å². The number of hydrogen-bond donors (Lipinski definition) is 1. The van der Waals surface area contributed by atoms with Crippen LogP contribution in [0, 0.1) is 0 Å². The molecule has 1 aromatic carbocycles. The van der Waals surface area contributed by atoms with E-state index in [-0.39, 0.29) is 5.91 Å². The lowest BCUT2D eigenvalue weighted by molar-refractivity contribution is -0.122. The number of carbonyl (C=O) groups excluding carboxylic acids is 1. The van der Waals surface area contributed by atoms with Crippen molar-refractivity contribution in [3.63, 3.8) is 0 Å². The number of aromatic nitrogens is 2. The maximum atomic E-state index is 12.0. The third-order valence-corrected chi connectivity index (χ3v) is 3.24. The zero-order valence-corrected chi connectivity index (χ0v) is 12.2. The lowest BCUT2D eigenvalue weighted by Gasteiger charge is -2.15. The molecule has 0 radical (unpaired) electrons. The molecule has 19 heavy (non-hydrogen) atoms. The second-order valence-corrected chi connectivity index (χ2v) is 4.87. The van der Waals surface area contributed by atoms with E-state index in [0.29, 0.717) is 11.6 Å². The zero-order valence-electron chi connectivity index (χ0n) is 10.6. The lowest BCUT2D eigenvalue weighted by atomic mass is 10.3. The molecule has 0 aliphatic rings. The van der Waals surface area contributed by atoms with Crippen LogP contribution in [0.15, 0.2) is 41.0 Å². The summed E-state index contributed by atoms with van der Waals surface area (Å²) in [5, 5.41) is 6.73. The first-order valence-electron chi connectivity index (χ1n) is 5.78. The highest BCUT2D eigenvalue weighted by atomic mass is 79.9. The summed E-state index contributed by atoms with van der Waals surface area (Å²) in [5.74, 6) is 1.04. The molecule has 0 bridgehead atoms. The Labute approximate surface area is 119 Å². The molecule has 6 heteroatoms. The van der Waals surface area contributed by atoms with E-state index in [0.717, 1.165) is 4.47 Å². The summed E-state index contributed by atoms with van der Waals surface area (Å²) in [6.07, 6.45) is 1.02. The highest BCUT2D eigenvalue weighted by molar-refractivity contribution is 9.10. The third kappa shape index (κ3) is 3.35. The molecule has 100 valence electrons. The third-order valence-electron chi connectivity index (χ3n) is 2.58. The Balaban J connectivity index is 2.00. The first-order valence-corrected chi connectivity index (χ1v) is 6.57. The zero-order chi connectivity index (χ0) is 13.8. The minimum atomic E-state index is -0.603. The Kier molecular flexibility index (Phi) is 4.21.